The largest absolute Gasteiger partial charge is 0.482 e. The van der Waals surface area contributed by atoms with Crippen LogP contribution in [0.25, 0.3) is 0 Å². The van der Waals surface area contributed by atoms with Crippen LogP contribution in [-0.2, 0) is 9.59 Å². The summed E-state index contributed by atoms with van der Waals surface area (Å²) in [4.78, 5) is 27.8. The number of likely N-dealkylation sites (N-methyl/N-ethyl adjacent to an activating group) is 1. The molecule has 2 rings (SSSR count). The third-order valence-corrected chi connectivity index (χ3v) is 4.20. The molecule has 1 aliphatic heterocycles. The highest BCUT2D eigenvalue weighted by Crippen LogP contribution is 2.34. The van der Waals surface area contributed by atoms with Gasteiger partial charge < -0.3 is 15.4 Å². The molecule has 0 saturated heterocycles. The van der Waals surface area contributed by atoms with Crippen molar-refractivity contribution in [3.63, 3.8) is 0 Å². The first-order valence-corrected chi connectivity index (χ1v) is 8.12. The molecule has 1 aromatic carbocycles. The molecule has 126 valence electrons. The fourth-order valence-corrected chi connectivity index (χ4v) is 2.67. The number of amides is 2. The lowest BCUT2D eigenvalue weighted by molar-refractivity contribution is -0.131. The van der Waals surface area contributed by atoms with Crippen LogP contribution < -0.4 is 15.4 Å². The summed E-state index contributed by atoms with van der Waals surface area (Å²) in [6.07, 6.45) is 0.798. The lowest BCUT2D eigenvalue weighted by Crippen LogP contribution is -2.46. The number of hydrogen-bond acceptors (Lipinski definition) is 4. The van der Waals surface area contributed by atoms with Crippen molar-refractivity contribution in [1.82, 2.24) is 4.90 Å². The molecule has 1 unspecified atom stereocenters. The Kier molecular flexibility index (Phi) is 5.60. The third-order valence-electron chi connectivity index (χ3n) is 4.20. The molecule has 0 spiro atoms. The Morgan fingerprint density at radius 2 is 2.04 bits per heavy atom. The molecule has 0 aliphatic carbocycles. The number of nitrogens with zero attached hydrogens (tertiary/aromatic N) is 2. The molecule has 1 aliphatic rings. The molecule has 6 heteroatoms. The van der Waals surface area contributed by atoms with Gasteiger partial charge in [0.1, 0.15) is 12.3 Å². The predicted molar refractivity (Wildman–Crippen MR) is 89.4 cm³/mol. The van der Waals surface area contributed by atoms with Crippen LogP contribution in [0.2, 0.25) is 0 Å². The Labute approximate surface area is 137 Å². The van der Waals surface area contributed by atoms with E-state index in [0.717, 1.165) is 12.0 Å². The molecule has 6 nitrogen and oxygen atoms in total. The normalized spacial score (nSPS) is 15.0. The van der Waals surface area contributed by atoms with Gasteiger partial charge in [0.05, 0.1) is 5.69 Å². The molecule has 2 N–H and O–H groups in total. The van der Waals surface area contributed by atoms with Gasteiger partial charge in [-0.25, -0.2) is 0 Å². The van der Waals surface area contributed by atoms with E-state index in [9.17, 15) is 9.59 Å². The van der Waals surface area contributed by atoms with Crippen LogP contribution in [-0.4, -0.2) is 43.0 Å². The molecule has 0 radical (unpaired) electrons. The van der Waals surface area contributed by atoms with Crippen LogP contribution in [0.15, 0.2) is 18.2 Å². The summed E-state index contributed by atoms with van der Waals surface area (Å²) in [5, 5.41) is 0. The summed E-state index contributed by atoms with van der Waals surface area (Å²) in [5.74, 6) is 0.339. The molecule has 1 heterocycles. The van der Waals surface area contributed by atoms with Gasteiger partial charge in [-0.2, -0.15) is 0 Å². The summed E-state index contributed by atoms with van der Waals surface area (Å²) in [6, 6.07) is 5.49. The van der Waals surface area contributed by atoms with Crippen LogP contribution in [0.1, 0.15) is 38.8 Å². The van der Waals surface area contributed by atoms with Crippen molar-refractivity contribution in [3.8, 4) is 5.75 Å². The fourth-order valence-electron chi connectivity index (χ4n) is 2.67. The van der Waals surface area contributed by atoms with E-state index in [2.05, 4.69) is 0 Å². The predicted octanol–water partition coefficient (Wildman–Crippen LogP) is 1.69. The van der Waals surface area contributed by atoms with E-state index < -0.39 is 0 Å². The Bertz CT molecular complexity index is 584. The van der Waals surface area contributed by atoms with Crippen molar-refractivity contribution in [2.45, 2.75) is 33.2 Å². The van der Waals surface area contributed by atoms with Crippen molar-refractivity contribution in [3.05, 3.63) is 23.8 Å². The number of hydrogen-bond donors (Lipinski definition) is 1. The SMILES string of the molecule is CCC(N)c1ccc2c(c1)N(CC(=O)N(CC)CC)C(=O)CO2. The van der Waals surface area contributed by atoms with Crippen LogP contribution in [0, 0.1) is 0 Å². The zero-order chi connectivity index (χ0) is 17.0. The van der Waals surface area contributed by atoms with E-state index in [1.54, 1.807) is 4.90 Å². The molecular weight excluding hydrogens is 294 g/mol. The minimum atomic E-state index is -0.208. The van der Waals surface area contributed by atoms with E-state index in [-0.39, 0.29) is 31.0 Å². The van der Waals surface area contributed by atoms with Gasteiger partial charge in [0.15, 0.2) is 6.61 Å². The molecule has 0 saturated carbocycles. The van der Waals surface area contributed by atoms with Gasteiger partial charge in [0.25, 0.3) is 5.91 Å². The summed E-state index contributed by atoms with van der Waals surface area (Å²) in [7, 11) is 0. The Morgan fingerprint density at radius 3 is 2.65 bits per heavy atom. The molecule has 2 amide bonds. The second-order valence-corrected chi connectivity index (χ2v) is 5.58. The summed E-state index contributed by atoms with van der Waals surface area (Å²) >= 11 is 0. The van der Waals surface area contributed by atoms with E-state index >= 15 is 0 Å². The van der Waals surface area contributed by atoms with Crippen molar-refractivity contribution in [1.29, 1.82) is 0 Å². The van der Waals surface area contributed by atoms with Crippen LogP contribution >= 0.6 is 0 Å². The van der Waals surface area contributed by atoms with Gasteiger partial charge in [-0.3, -0.25) is 14.5 Å². The molecule has 0 bridgehead atoms. The maximum absolute atomic E-state index is 12.4. The average molecular weight is 319 g/mol. The average Bonchev–Trinajstić information content (AvgIpc) is 2.57. The monoisotopic (exact) mass is 319 g/mol. The van der Waals surface area contributed by atoms with E-state index in [0.29, 0.717) is 24.5 Å². The number of fused-ring (bicyclic) bond motifs is 1. The zero-order valence-corrected chi connectivity index (χ0v) is 14.0. The highest BCUT2D eigenvalue weighted by atomic mass is 16.5. The van der Waals surface area contributed by atoms with Crippen LogP contribution in [0.4, 0.5) is 5.69 Å². The number of rotatable bonds is 6. The van der Waals surface area contributed by atoms with Crippen LogP contribution in [0.3, 0.4) is 0 Å². The lowest BCUT2D eigenvalue weighted by Gasteiger charge is -2.31. The van der Waals surface area contributed by atoms with Crippen molar-refractivity contribution in [2.75, 3.05) is 31.1 Å². The minimum Gasteiger partial charge on any atom is -0.482 e. The van der Waals surface area contributed by atoms with Gasteiger partial charge in [-0.1, -0.05) is 13.0 Å². The number of anilines is 1. The maximum Gasteiger partial charge on any atom is 0.265 e. The van der Waals surface area contributed by atoms with Crippen molar-refractivity contribution in [2.24, 2.45) is 5.73 Å². The standard InChI is InChI=1S/C17H25N3O3/c1-4-13(18)12-7-8-15-14(9-12)20(17(22)11-23-15)10-16(21)19(5-2)6-3/h7-9,13H,4-6,10-11,18H2,1-3H3. The highest BCUT2D eigenvalue weighted by molar-refractivity contribution is 6.02. The van der Waals surface area contributed by atoms with Gasteiger partial charge in [-0.05, 0) is 38.0 Å². The lowest BCUT2D eigenvalue weighted by atomic mass is 10.0. The Morgan fingerprint density at radius 1 is 1.35 bits per heavy atom. The number of nitrogens with two attached hydrogens (primary N) is 1. The summed E-state index contributed by atoms with van der Waals surface area (Å²) < 4.78 is 5.47. The number of carbonyl (C=O) groups is 2. The molecule has 0 fully saturated rings. The highest BCUT2D eigenvalue weighted by Gasteiger charge is 2.29. The van der Waals surface area contributed by atoms with Gasteiger partial charge in [0, 0.05) is 19.1 Å². The number of carbonyl (C=O) groups excluding carboxylic acids is 2. The van der Waals surface area contributed by atoms with E-state index in [4.69, 9.17) is 10.5 Å². The quantitative estimate of drug-likeness (QED) is 0.866. The summed E-state index contributed by atoms with van der Waals surface area (Å²) in [5.41, 5.74) is 7.64. The first kappa shape index (κ1) is 17.3. The maximum atomic E-state index is 12.4. The second-order valence-electron chi connectivity index (χ2n) is 5.58. The number of benzene rings is 1. The molecule has 0 aromatic heterocycles. The van der Waals surface area contributed by atoms with Gasteiger partial charge in [0.2, 0.25) is 5.91 Å². The molecule has 23 heavy (non-hydrogen) atoms. The fraction of sp³-hybridized carbons (Fsp3) is 0.529. The third kappa shape index (κ3) is 3.64. The number of ether oxygens (including phenoxy) is 1. The van der Waals surface area contributed by atoms with E-state index in [1.165, 1.54) is 4.90 Å². The van der Waals surface area contributed by atoms with Crippen molar-refractivity contribution < 1.29 is 14.3 Å². The Balaban J connectivity index is 2.31. The Hall–Kier alpha value is -2.08. The smallest absolute Gasteiger partial charge is 0.265 e. The zero-order valence-electron chi connectivity index (χ0n) is 14.0. The second kappa shape index (κ2) is 7.46. The first-order chi connectivity index (χ1) is 11.0. The first-order valence-electron chi connectivity index (χ1n) is 8.12. The topological polar surface area (TPSA) is 75.9 Å². The minimum absolute atomic E-state index is 0.0295. The molecule has 1 atom stereocenters. The van der Waals surface area contributed by atoms with Gasteiger partial charge in [-0.15, -0.1) is 0 Å². The molecular formula is C17H25N3O3. The van der Waals surface area contributed by atoms with Gasteiger partial charge >= 0.3 is 0 Å². The van der Waals surface area contributed by atoms with Crippen molar-refractivity contribution >= 4 is 17.5 Å². The summed E-state index contributed by atoms with van der Waals surface area (Å²) in [6.45, 7) is 7.10. The van der Waals surface area contributed by atoms with E-state index in [1.807, 2.05) is 39.0 Å². The van der Waals surface area contributed by atoms with Crippen LogP contribution in [0.5, 0.6) is 5.75 Å². The molecule has 1 aromatic rings.